The average Bonchev–Trinajstić information content (AvgIpc) is 3.36. The van der Waals surface area contributed by atoms with Gasteiger partial charge in [0.1, 0.15) is 0 Å². The lowest BCUT2D eigenvalue weighted by atomic mass is 9.92. The normalized spacial score (nSPS) is 13.9. The van der Waals surface area contributed by atoms with E-state index >= 15 is 0 Å². The van der Waals surface area contributed by atoms with E-state index in [0.29, 0.717) is 0 Å². The highest BCUT2D eigenvalue weighted by Crippen LogP contribution is 2.42. The van der Waals surface area contributed by atoms with Crippen LogP contribution in [0, 0.1) is 0 Å². The quantitative estimate of drug-likeness (QED) is 0.258. The standard InChI is InChI=1S/C31H30N2/c1-4-19-31(3,5-2)33-28-18-12-10-16-24(28)26-20-25-23-15-9-11-17-27(23)32(29(25)21-30(26)33)22-13-7-6-8-14-22/h6-18,20-21H,4-5,19H2,1-3H3. The topological polar surface area (TPSA) is 9.86 Å². The van der Waals surface area contributed by atoms with Crippen molar-refractivity contribution in [3.8, 4) is 5.69 Å². The van der Waals surface area contributed by atoms with Crippen molar-refractivity contribution >= 4 is 43.6 Å². The van der Waals surface area contributed by atoms with Gasteiger partial charge in [-0.1, -0.05) is 74.9 Å². The maximum Gasteiger partial charge on any atom is 0.0562 e. The number of aromatic nitrogens is 2. The minimum absolute atomic E-state index is 0.0768. The monoisotopic (exact) mass is 430 g/mol. The van der Waals surface area contributed by atoms with E-state index in [0.717, 1.165) is 12.8 Å². The lowest BCUT2D eigenvalue weighted by molar-refractivity contribution is 0.296. The molecule has 0 N–H and O–H groups in total. The zero-order valence-corrected chi connectivity index (χ0v) is 19.7. The molecule has 0 radical (unpaired) electrons. The number of hydrogen-bond acceptors (Lipinski definition) is 0. The molecule has 6 aromatic rings. The van der Waals surface area contributed by atoms with Crippen molar-refractivity contribution in [2.24, 2.45) is 0 Å². The highest BCUT2D eigenvalue weighted by molar-refractivity contribution is 6.18. The van der Waals surface area contributed by atoms with Gasteiger partial charge in [0.25, 0.3) is 0 Å². The fraction of sp³-hybridized carbons (Fsp3) is 0.226. The third-order valence-corrected chi connectivity index (χ3v) is 7.57. The Morgan fingerprint density at radius 2 is 1.21 bits per heavy atom. The third-order valence-electron chi connectivity index (χ3n) is 7.57. The van der Waals surface area contributed by atoms with Crippen LogP contribution < -0.4 is 0 Å². The van der Waals surface area contributed by atoms with Crippen molar-refractivity contribution in [1.82, 2.24) is 9.13 Å². The summed E-state index contributed by atoms with van der Waals surface area (Å²) in [6, 6.07) is 33.4. The molecule has 164 valence electrons. The van der Waals surface area contributed by atoms with Gasteiger partial charge in [-0.25, -0.2) is 0 Å². The zero-order chi connectivity index (χ0) is 22.6. The van der Waals surface area contributed by atoms with Gasteiger partial charge in [0.2, 0.25) is 0 Å². The first kappa shape index (κ1) is 20.1. The van der Waals surface area contributed by atoms with Gasteiger partial charge in [0.15, 0.2) is 0 Å². The van der Waals surface area contributed by atoms with E-state index in [9.17, 15) is 0 Å². The molecule has 0 aliphatic heterocycles. The van der Waals surface area contributed by atoms with E-state index < -0.39 is 0 Å². The van der Waals surface area contributed by atoms with Crippen molar-refractivity contribution in [1.29, 1.82) is 0 Å². The number of rotatable bonds is 5. The van der Waals surface area contributed by atoms with E-state index in [1.54, 1.807) is 0 Å². The fourth-order valence-corrected chi connectivity index (χ4v) is 5.85. The minimum atomic E-state index is 0.0768. The van der Waals surface area contributed by atoms with Gasteiger partial charge >= 0.3 is 0 Å². The molecule has 2 heteroatoms. The molecule has 2 nitrogen and oxygen atoms in total. The summed E-state index contributed by atoms with van der Waals surface area (Å²) in [5.41, 5.74) is 6.49. The van der Waals surface area contributed by atoms with Crippen LogP contribution >= 0.6 is 0 Å². The van der Waals surface area contributed by atoms with E-state index in [1.807, 2.05) is 0 Å². The maximum absolute atomic E-state index is 2.63. The van der Waals surface area contributed by atoms with Gasteiger partial charge in [0, 0.05) is 38.3 Å². The molecule has 0 saturated carbocycles. The first-order valence-corrected chi connectivity index (χ1v) is 12.2. The predicted octanol–water partition coefficient (Wildman–Crippen LogP) is 8.82. The third kappa shape index (κ3) is 2.87. The van der Waals surface area contributed by atoms with Crippen LogP contribution in [0.25, 0.3) is 49.3 Å². The summed E-state index contributed by atoms with van der Waals surface area (Å²) in [7, 11) is 0. The fourth-order valence-electron chi connectivity index (χ4n) is 5.85. The van der Waals surface area contributed by atoms with Gasteiger partial charge in [-0.05, 0) is 56.2 Å². The Hall–Kier alpha value is -3.52. The number of fused-ring (bicyclic) bond motifs is 6. The maximum atomic E-state index is 2.63. The summed E-state index contributed by atoms with van der Waals surface area (Å²) in [6.07, 6.45) is 3.44. The molecular weight excluding hydrogens is 400 g/mol. The molecule has 0 aliphatic carbocycles. The highest BCUT2D eigenvalue weighted by Gasteiger charge is 2.28. The van der Waals surface area contributed by atoms with Crippen LogP contribution in [0.5, 0.6) is 0 Å². The second-order valence-electron chi connectivity index (χ2n) is 9.53. The molecule has 0 spiro atoms. The Bertz CT molecular complexity index is 1620. The number of benzene rings is 4. The van der Waals surface area contributed by atoms with Crippen molar-refractivity contribution in [2.75, 3.05) is 0 Å². The van der Waals surface area contributed by atoms with Gasteiger partial charge in [-0.2, -0.15) is 0 Å². The molecule has 2 aromatic heterocycles. The average molecular weight is 431 g/mol. The van der Waals surface area contributed by atoms with E-state index in [1.165, 1.54) is 55.7 Å². The van der Waals surface area contributed by atoms with Crippen LogP contribution in [0.1, 0.15) is 40.0 Å². The molecule has 33 heavy (non-hydrogen) atoms. The Morgan fingerprint density at radius 3 is 1.91 bits per heavy atom. The summed E-state index contributed by atoms with van der Waals surface area (Å²) in [4.78, 5) is 0. The Morgan fingerprint density at radius 1 is 0.606 bits per heavy atom. The van der Waals surface area contributed by atoms with Crippen LogP contribution in [0.4, 0.5) is 0 Å². The summed E-state index contributed by atoms with van der Waals surface area (Å²) in [5, 5.41) is 5.33. The van der Waals surface area contributed by atoms with E-state index in [2.05, 4.69) is 121 Å². The Balaban J connectivity index is 1.82. The van der Waals surface area contributed by atoms with Crippen molar-refractivity contribution in [3.63, 3.8) is 0 Å². The van der Waals surface area contributed by atoms with Crippen molar-refractivity contribution < 1.29 is 0 Å². The molecule has 0 bridgehead atoms. The van der Waals surface area contributed by atoms with Gasteiger partial charge in [-0.15, -0.1) is 0 Å². The second kappa shape index (κ2) is 7.52. The molecule has 1 atom stereocenters. The largest absolute Gasteiger partial charge is 0.334 e. The molecule has 0 amide bonds. The predicted molar refractivity (Wildman–Crippen MR) is 143 cm³/mol. The molecular formula is C31H30N2. The van der Waals surface area contributed by atoms with Crippen LogP contribution in [0.3, 0.4) is 0 Å². The van der Waals surface area contributed by atoms with Gasteiger partial charge in [-0.3, -0.25) is 0 Å². The molecule has 0 saturated heterocycles. The summed E-state index contributed by atoms with van der Waals surface area (Å²) in [6.45, 7) is 7.06. The zero-order valence-electron chi connectivity index (χ0n) is 19.7. The van der Waals surface area contributed by atoms with E-state index in [4.69, 9.17) is 0 Å². The summed E-state index contributed by atoms with van der Waals surface area (Å²) < 4.78 is 5.06. The number of nitrogens with zero attached hydrogens (tertiary/aromatic N) is 2. The SMILES string of the molecule is CCCC(C)(CC)n1c2ccccc2c2cc3c4ccccc4n(-c4ccccc4)c3cc21. The molecule has 6 rings (SSSR count). The lowest BCUT2D eigenvalue weighted by Crippen LogP contribution is -2.28. The highest BCUT2D eigenvalue weighted by atomic mass is 15.1. The molecule has 4 aromatic carbocycles. The molecule has 1 unspecified atom stereocenters. The van der Waals surface area contributed by atoms with Crippen LogP contribution in [0.15, 0.2) is 91.0 Å². The van der Waals surface area contributed by atoms with Gasteiger partial charge in [0.05, 0.1) is 16.6 Å². The van der Waals surface area contributed by atoms with Crippen molar-refractivity contribution in [3.05, 3.63) is 91.0 Å². The number of hydrogen-bond donors (Lipinski definition) is 0. The van der Waals surface area contributed by atoms with Crippen LogP contribution in [0.2, 0.25) is 0 Å². The summed E-state index contributed by atoms with van der Waals surface area (Å²) in [5.74, 6) is 0. The first-order valence-electron chi connectivity index (χ1n) is 12.2. The second-order valence-corrected chi connectivity index (χ2v) is 9.53. The molecule has 0 fully saturated rings. The first-order chi connectivity index (χ1) is 16.2. The van der Waals surface area contributed by atoms with E-state index in [-0.39, 0.29) is 5.54 Å². The van der Waals surface area contributed by atoms with Crippen molar-refractivity contribution in [2.45, 2.75) is 45.6 Å². The lowest BCUT2D eigenvalue weighted by Gasteiger charge is -2.32. The van der Waals surface area contributed by atoms with Crippen LogP contribution in [-0.4, -0.2) is 9.13 Å². The summed E-state index contributed by atoms with van der Waals surface area (Å²) >= 11 is 0. The Labute approximate surface area is 195 Å². The Kier molecular flexibility index (Phi) is 4.58. The molecule has 0 aliphatic rings. The van der Waals surface area contributed by atoms with Crippen LogP contribution in [-0.2, 0) is 5.54 Å². The van der Waals surface area contributed by atoms with Gasteiger partial charge < -0.3 is 9.13 Å². The molecule has 2 heterocycles. The minimum Gasteiger partial charge on any atom is -0.334 e. The smallest absolute Gasteiger partial charge is 0.0562 e. The number of para-hydroxylation sites is 3.